The summed E-state index contributed by atoms with van der Waals surface area (Å²) < 4.78 is 5.44. The number of methoxy groups -OCH3 is 1. The summed E-state index contributed by atoms with van der Waals surface area (Å²) in [6.45, 7) is 8.17. The van der Waals surface area contributed by atoms with Crippen LogP contribution in [0.4, 0.5) is 23.1 Å². The number of Topliss-reactive ketones (excluding diaryl/α,β-unsaturated/α-hetero) is 1. The second-order valence-corrected chi connectivity index (χ2v) is 10.7. The summed E-state index contributed by atoms with van der Waals surface area (Å²) in [5, 5.41) is 7.63. The van der Waals surface area contributed by atoms with E-state index in [4.69, 9.17) is 9.72 Å². The first kappa shape index (κ1) is 26.2. The Labute approximate surface area is 228 Å². The van der Waals surface area contributed by atoms with Crippen molar-refractivity contribution in [3.8, 4) is 5.75 Å². The van der Waals surface area contributed by atoms with Crippen LogP contribution in [-0.2, 0) is 10.2 Å². The summed E-state index contributed by atoms with van der Waals surface area (Å²) in [7, 11) is 1.54. The summed E-state index contributed by atoms with van der Waals surface area (Å²) in [6, 6.07) is 18.4. The summed E-state index contributed by atoms with van der Waals surface area (Å²) >= 11 is 0. The fraction of sp³-hybridized carbons (Fsp3) is 0.290. The second-order valence-electron chi connectivity index (χ2n) is 10.7. The minimum atomic E-state index is -0.726. The molecule has 1 amide bonds. The molecular weight excluding hydrogens is 490 g/mol. The molecular formula is C31H33N5O3. The van der Waals surface area contributed by atoms with Gasteiger partial charge >= 0.3 is 0 Å². The van der Waals surface area contributed by atoms with Crippen LogP contribution in [0, 0.1) is 0 Å². The molecule has 0 spiro atoms. The van der Waals surface area contributed by atoms with Gasteiger partial charge in [-0.25, -0.2) is 4.98 Å². The lowest BCUT2D eigenvalue weighted by molar-refractivity contribution is -0.112. The number of amides is 1. The largest absolute Gasteiger partial charge is 0.495 e. The summed E-state index contributed by atoms with van der Waals surface area (Å²) in [6.07, 6.45) is 4.03. The molecule has 5 rings (SSSR count). The zero-order valence-corrected chi connectivity index (χ0v) is 22.7. The number of rotatable bonds is 7. The maximum absolute atomic E-state index is 13.4. The Balaban J connectivity index is 1.42. The van der Waals surface area contributed by atoms with Crippen LogP contribution in [0.5, 0.6) is 5.75 Å². The molecule has 39 heavy (non-hydrogen) atoms. The van der Waals surface area contributed by atoms with Gasteiger partial charge in [0.05, 0.1) is 12.8 Å². The molecule has 8 heteroatoms. The third kappa shape index (κ3) is 5.55. The van der Waals surface area contributed by atoms with Crippen molar-refractivity contribution in [3.05, 3.63) is 78.0 Å². The van der Waals surface area contributed by atoms with Gasteiger partial charge in [-0.05, 0) is 59.5 Å². The molecule has 1 aliphatic heterocycles. The van der Waals surface area contributed by atoms with Crippen molar-refractivity contribution >= 4 is 45.6 Å². The molecule has 0 atom stereocenters. The Morgan fingerprint density at radius 1 is 0.923 bits per heavy atom. The number of ketones is 1. The van der Waals surface area contributed by atoms with Crippen molar-refractivity contribution < 1.29 is 14.3 Å². The summed E-state index contributed by atoms with van der Waals surface area (Å²) in [4.78, 5) is 37.9. The van der Waals surface area contributed by atoms with E-state index >= 15 is 0 Å². The van der Waals surface area contributed by atoms with Crippen molar-refractivity contribution in [3.63, 3.8) is 0 Å². The van der Waals surface area contributed by atoms with E-state index in [1.807, 2.05) is 42.5 Å². The van der Waals surface area contributed by atoms with E-state index in [0.29, 0.717) is 34.2 Å². The number of aromatic nitrogens is 2. The quantitative estimate of drug-likeness (QED) is 0.223. The topological polar surface area (TPSA) is 96.4 Å². The number of nitrogens with zero attached hydrogens (tertiary/aromatic N) is 3. The molecule has 4 aromatic rings. The van der Waals surface area contributed by atoms with Gasteiger partial charge in [-0.15, -0.1) is 0 Å². The lowest BCUT2D eigenvalue weighted by atomic mass is 9.87. The molecule has 0 aliphatic carbocycles. The number of hydrogen-bond acceptors (Lipinski definition) is 7. The monoisotopic (exact) mass is 523 g/mol. The third-order valence-corrected chi connectivity index (χ3v) is 6.98. The van der Waals surface area contributed by atoms with Gasteiger partial charge in [0.2, 0.25) is 5.95 Å². The van der Waals surface area contributed by atoms with Gasteiger partial charge < -0.3 is 20.3 Å². The molecule has 2 N–H and O–H groups in total. The Morgan fingerprint density at radius 2 is 1.67 bits per heavy atom. The van der Waals surface area contributed by atoms with Crippen molar-refractivity contribution in [2.75, 3.05) is 35.7 Å². The summed E-state index contributed by atoms with van der Waals surface area (Å²) in [5.41, 5.74) is 2.45. The number of benzene rings is 3. The Bertz CT molecular complexity index is 1540. The summed E-state index contributed by atoms with van der Waals surface area (Å²) in [5.74, 6) is 0.512. The molecule has 3 aromatic carbocycles. The Kier molecular flexibility index (Phi) is 7.19. The average Bonchev–Trinajstić information content (AvgIpc) is 3.48. The highest BCUT2D eigenvalue weighted by atomic mass is 16.5. The van der Waals surface area contributed by atoms with E-state index in [-0.39, 0.29) is 5.41 Å². The number of hydrogen-bond donors (Lipinski definition) is 2. The first-order valence-electron chi connectivity index (χ1n) is 13.2. The molecule has 1 aliphatic rings. The highest BCUT2D eigenvalue weighted by Gasteiger charge is 2.23. The molecule has 0 saturated carbocycles. The molecule has 0 unspecified atom stereocenters. The standard InChI is InChI=1S/C31H33N5O3/c1-31(2,3)20-11-14-26(39-4)25(19-20)34-29(38)28(37)23-12-13-24(22-10-6-5-9-21(22)23)33-27-15-16-32-30(35-27)36-17-7-8-18-36/h5-6,9-16,19H,7-8,17-18H2,1-4H3,(H,34,38)(H,32,33,35). The van der Waals surface area contributed by atoms with Crippen LogP contribution >= 0.6 is 0 Å². The fourth-order valence-corrected chi connectivity index (χ4v) is 4.81. The van der Waals surface area contributed by atoms with Gasteiger partial charge in [-0.2, -0.15) is 4.98 Å². The fourth-order valence-electron chi connectivity index (χ4n) is 4.81. The van der Waals surface area contributed by atoms with Crippen LogP contribution in [0.15, 0.2) is 66.9 Å². The molecule has 8 nitrogen and oxygen atoms in total. The van der Waals surface area contributed by atoms with Gasteiger partial charge in [0.15, 0.2) is 0 Å². The number of carbonyl (C=O) groups is 2. The second kappa shape index (κ2) is 10.7. The van der Waals surface area contributed by atoms with E-state index in [9.17, 15) is 9.59 Å². The Morgan fingerprint density at radius 3 is 2.38 bits per heavy atom. The van der Waals surface area contributed by atoms with Crippen LogP contribution in [0.2, 0.25) is 0 Å². The van der Waals surface area contributed by atoms with Crippen molar-refractivity contribution in [1.82, 2.24) is 9.97 Å². The zero-order valence-electron chi connectivity index (χ0n) is 22.7. The molecule has 200 valence electrons. The van der Waals surface area contributed by atoms with E-state index in [2.05, 4.69) is 41.3 Å². The number of ether oxygens (including phenoxy) is 1. The average molecular weight is 524 g/mol. The third-order valence-electron chi connectivity index (χ3n) is 6.98. The van der Waals surface area contributed by atoms with Gasteiger partial charge in [-0.1, -0.05) is 51.1 Å². The van der Waals surface area contributed by atoms with Crippen LogP contribution < -0.4 is 20.3 Å². The molecule has 1 aromatic heterocycles. The molecule has 1 saturated heterocycles. The predicted molar refractivity (Wildman–Crippen MR) is 155 cm³/mol. The van der Waals surface area contributed by atoms with Gasteiger partial charge in [0, 0.05) is 35.9 Å². The van der Waals surface area contributed by atoms with Gasteiger partial charge in [0.25, 0.3) is 11.7 Å². The highest BCUT2D eigenvalue weighted by Crippen LogP contribution is 2.33. The lowest BCUT2D eigenvalue weighted by Crippen LogP contribution is -2.24. The number of nitrogens with one attached hydrogen (secondary N) is 2. The molecule has 2 heterocycles. The number of carbonyl (C=O) groups excluding carboxylic acids is 2. The molecule has 1 fully saturated rings. The molecule has 0 bridgehead atoms. The number of anilines is 4. The normalized spacial score (nSPS) is 13.4. The maximum atomic E-state index is 13.4. The SMILES string of the molecule is COc1ccc(C(C)(C)C)cc1NC(=O)C(=O)c1ccc(Nc2ccnc(N3CCCC3)n2)c2ccccc12. The van der Waals surface area contributed by atoms with Crippen LogP contribution in [0.3, 0.4) is 0 Å². The lowest BCUT2D eigenvalue weighted by Gasteiger charge is -2.21. The van der Waals surface area contributed by atoms with Crippen LogP contribution in [0.1, 0.15) is 49.5 Å². The first-order chi connectivity index (χ1) is 18.7. The van der Waals surface area contributed by atoms with E-state index in [0.717, 1.165) is 42.6 Å². The smallest absolute Gasteiger partial charge is 0.296 e. The van der Waals surface area contributed by atoms with Crippen LogP contribution in [0.25, 0.3) is 10.8 Å². The van der Waals surface area contributed by atoms with Gasteiger partial charge in [0.1, 0.15) is 11.6 Å². The highest BCUT2D eigenvalue weighted by molar-refractivity contribution is 6.48. The van der Waals surface area contributed by atoms with E-state index in [1.54, 1.807) is 24.4 Å². The van der Waals surface area contributed by atoms with Crippen molar-refractivity contribution in [1.29, 1.82) is 0 Å². The van der Waals surface area contributed by atoms with Crippen molar-refractivity contribution in [2.24, 2.45) is 0 Å². The Hall–Kier alpha value is -4.46. The predicted octanol–water partition coefficient (Wildman–Crippen LogP) is 6.10. The first-order valence-corrected chi connectivity index (χ1v) is 13.2. The minimum Gasteiger partial charge on any atom is -0.495 e. The number of fused-ring (bicyclic) bond motifs is 1. The van der Waals surface area contributed by atoms with Crippen LogP contribution in [-0.4, -0.2) is 41.9 Å². The zero-order chi connectivity index (χ0) is 27.6. The minimum absolute atomic E-state index is 0.131. The maximum Gasteiger partial charge on any atom is 0.296 e. The van der Waals surface area contributed by atoms with E-state index < -0.39 is 11.7 Å². The van der Waals surface area contributed by atoms with E-state index in [1.165, 1.54) is 7.11 Å². The molecule has 0 radical (unpaired) electrons. The van der Waals surface area contributed by atoms with Crippen molar-refractivity contribution in [2.45, 2.75) is 39.0 Å². The van der Waals surface area contributed by atoms with Gasteiger partial charge in [-0.3, -0.25) is 9.59 Å².